The van der Waals surface area contributed by atoms with Gasteiger partial charge in [-0.2, -0.15) is 0 Å². The summed E-state index contributed by atoms with van der Waals surface area (Å²) in [6.45, 7) is 6.29. The van der Waals surface area contributed by atoms with Crippen molar-refractivity contribution in [3.05, 3.63) is 11.6 Å². The fourth-order valence-corrected chi connectivity index (χ4v) is 0.429. The molecule has 0 amide bonds. The summed E-state index contributed by atoms with van der Waals surface area (Å²) in [5.41, 5.74) is 1.26. The van der Waals surface area contributed by atoms with Crippen LogP contribution in [0.15, 0.2) is 11.6 Å². The minimum Gasteiger partial charge on any atom is -0.396 e. The monoisotopic (exact) mass is 114 g/mol. The molecule has 0 spiro atoms. The van der Waals surface area contributed by atoms with Crippen molar-refractivity contribution in [2.24, 2.45) is 5.92 Å². The Hall–Kier alpha value is -0.300. The van der Waals surface area contributed by atoms with Crippen LogP contribution >= 0.6 is 0 Å². The topological polar surface area (TPSA) is 20.2 Å². The van der Waals surface area contributed by atoms with E-state index in [0.717, 1.165) is 0 Å². The van der Waals surface area contributed by atoms with E-state index in [2.05, 4.69) is 0 Å². The van der Waals surface area contributed by atoms with Crippen LogP contribution in [0.2, 0.25) is 0 Å². The molecule has 0 bridgehead atoms. The third-order valence-electron chi connectivity index (χ3n) is 1.51. The lowest BCUT2D eigenvalue weighted by Gasteiger charge is -2.05. The largest absolute Gasteiger partial charge is 0.396 e. The summed E-state index contributed by atoms with van der Waals surface area (Å²) in [5.74, 6) is 0.333. The van der Waals surface area contributed by atoms with Gasteiger partial charge in [0.25, 0.3) is 0 Å². The van der Waals surface area contributed by atoms with Crippen molar-refractivity contribution in [1.82, 2.24) is 0 Å². The highest BCUT2D eigenvalue weighted by atomic mass is 16.3. The SMILES string of the molecule is C/C=C(/C)C(C)CO. The third kappa shape index (κ3) is 2.12. The van der Waals surface area contributed by atoms with Gasteiger partial charge in [-0.3, -0.25) is 0 Å². The van der Waals surface area contributed by atoms with Gasteiger partial charge in [0.1, 0.15) is 0 Å². The second-order valence-corrected chi connectivity index (χ2v) is 2.12. The number of hydrogen-bond acceptors (Lipinski definition) is 1. The van der Waals surface area contributed by atoms with Crippen LogP contribution < -0.4 is 0 Å². The van der Waals surface area contributed by atoms with E-state index >= 15 is 0 Å². The van der Waals surface area contributed by atoms with Crippen molar-refractivity contribution in [1.29, 1.82) is 0 Å². The molecular weight excluding hydrogens is 100 g/mol. The smallest absolute Gasteiger partial charge is 0.0493 e. The predicted octanol–water partition coefficient (Wildman–Crippen LogP) is 1.58. The molecule has 8 heavy (non-hydrogen) atoms. The first-order valence-electron chi connectivity index (χ1n) is 2.96. The maximum absolute atomic E-state index is 8.60. The molecule has 1 unspecified atom stereocenters. The van der Waals surface area contributed by atoms with Crippen molar-refractivity contribution in [3.63, 3.8) is 0 Å². The molecule has 0 saturated heterocycles. The van der Waals surface area contributed by atoms with E-state index in [0.29, 0.717) is 5.92 Å². The number of aliphatic hydroxyl groups excluding tert-OH is 1. The van der Waals surface area contributed by atoms with Crippen molar-refractivity contribution >= 4 is 0 Å². The van der Waals surface area contributed by atoms with Crippen LogP contribution in [0.25, 0.3) is 0 Å². The van der Waals surface area contributed by atoms with Gasteiger partial charge in [-0.05, 0) is 19.8 Å². The van der Waals surface area contributed by atoms with Gasteiger partial charge in [0.15, 0.2) is 0 Å². The fourth-order valence-electron chi connectivity index (χ4n) is 0.429. The van der Waals surface area contributed by atoms with Gasteiger partial charge < -0.3 is 5.11 Å². The van der Waals surface area contributed by atoms with Gasteiger partial charge in [0.2, 0.25) is 0 Å². The van der Waals surface area contributed by atoms with Crippen LogP contribution in [0, 0.1) is 5.92 Å². The summed E-state index contributed by atoms with van der Waals surface area (Å²) in [5, 5.41) is 8.60. The molecule has 0 saturated carbocycles. The van der Waals surface area contributed by atoms with Gasteiger partial charge in [0.05, 0.1) is 0 Å². The van der Waals surface area contributed by atoms with Crippen molar-refractivity contribution in [2.45, 2.75) is 20.8 Å². The number of allylic oxidation sites excluding steroid dienone is 1. The molecule has 0 fully saturated rings. The molecule has 0 radical (unpaired) electrons. The second kappa shape index (κ2) is 3.67. The lowest BCUT2D eigenvalue weighted by atomic mass is 10.0. The maximum atomic E-state index is 8.60. The first kappa shape index (κ1) is 7.70. The summed E-state index contributed by atoms with van der Waals surface area (Å²) in [7, 11) is 0. The first-order chi connectivity index (χ1) is 3.72. The Bertz CT molecular complexity index is 84.4. The lowest BCUT2D eigenvalue weighted by molar-refractivity contribution is 0.256. The Morgan fingerprint density at radius 1 is 1.75 bits per heavy atom. The molecule has 0 heterocycles. The quantitative estimate of drug-likeness (QED) is 0.540. The summed E-state index contributed by atoms with van der Waals surface area (Å²) < 4.78 is 0. The molecule has 0 aliphatic heterocycles. The number of hydrogen-bond donors (Lipinski definition) is 1. The van der Waals surface area contributed by atoms with Gasteiger partial charge in [-0.15, -0.1) is 0 Å². The minimum atomic E-state index is 0.260. The molecule has 1 atom stereocenters. The van der Waals surface area contributed by atoms with E-state index in [-0.39, 0.29) is 6.61 Å². The number of aliphatic hydroxyl groups is 1. The third-order valence-corrected chi connectivity index (χ3v) is 1.51. The van der Waals surface area contributed by atoms with Crippen LogP contribution in [0.1, 0.15) is 20.8 Å². The van der Waals surface area contributed by atoms with Gasteiger partial charge in [-0.1, -0.05) is 18.6 Å². The van der Waals surface area contributed by atoms with E-state index in [1.807, 2.05) is 26.8 Å². The van der Waals surface area contributed by atoms with Crippen molar-refractivity contribution in [2.75, 3.05) is 6.61 Å². The molecular formula is C7H14O. The summed E-state index contributed by atoms with van der Waals surface area (Å²) >= 11 is 0. The zero-order chi connectivity index (χ0) is 6.57. The highest BCUT2D eigenvalue weighted by molar-refractivity contribution is 4.99. The van der Waals surface area contributed by atoms with Crippen molar-refractivity contribution in [3.8, 4) is 0 Å². The van der Waals surface area contributed by atoms with Crippen LogP contribution in [-0.2, 0) is 0 Å². The Balaban J connectivity index is 3.63. The molecule has 0 rings (SSSR count). The highest BCUT2D eigenvalue weighted by Gasteiger charge is 1.98. The minimum absolute atomic E-state index is 0.260. The van der Waals surface area contributed by atoms with E-state index in [4.69, 9.17) is 5.11 Å². The number of rotatable bonds is 2. The standard InChI is InChI=1S/C7H14O/c1-4-6(2)7(3)5-8/h4,7-8H,5H2,1-3H3/b6-4-. The zero-order valence-corrected chi connectivity index (χ0v) is 5.81. The van der Waals surface area contributed by atoms with Gasteiger partial charge >= 0.3 is 0 Å². The lowest BCUT2D eigenvalue weighted by Crippen LogP contribution is -2.00. The van der Waals surface area contributed by atoms with Gasteiger partial charge in [0, 0.05) is 6.61 Å². The molecule has 1 heteroatoms. The average molecular weight is 114 g/mol. The summed E-state index contributed by atoms with van der Waals surface area (Å²) in [6.07, 6.45) is 2.03. The first-order valence-corrected chi connectivity index (χ1v) is 2.96. The fraction of sp³-hybridized carbons (Fsp3) is 0.714. The van der Waals surface area contributed by atoms with Gasteiger partial charge in [-0.25, -0.2) is 0 Å². The Morgan fingerprint density at radius 2 is 2.25 bits per heavy atom. The summed E-state index contributed by atoms with van der Waals surface area (Å²) in [6, 6.07) is 0. The van der Waals surface area contributed by atoms with E-state index in [9.17, 15) is 0 Å². The second-order valence-electron chi connectivity index (χ2n) is 2.12. The van der Waals surface area contributed by atoms with E-state index in [1.54, 1.807) is 0 Å². The molecule has 0 aromatic carbocycles. The average Bonchev–Trinajstić information content (AvgIpc) is 1.84. The van der Waals surface area contributed by atoms with Crippen LogP contribution in [0.4, 0.5) is 0 Å². The Labute approximate surface area is 51.0 Å². The predicted molar refractivity (Wildman–Crippen MR) is 35.7 cm³/mol. The van der Waals surface area contributed by atoms with Crippen LogP contribution in [0.3, 0.4) is 0 Å². The molecule has 0 aliphatic carbocycles. The van der Waals surface area contributed by atoms with Crippen molar-refractivity contribution < 1.29 is 5.11 Å². The molecule has 0 aromatic rings. The molecule has 0 aliphatic rings. The van der Waals surface area contributed by atoms with E-state index < -0.39 is 0 Å². The van der Waals surface area contributed by atoms with Crippen LogP contribution in [-0.4, -0.2) is 11.7 Å². The molecule has 1 nitrogen and oxygen atoms in total. The molecule has 0 aromatic heterocycles. The summed E-state index contributed by atoms with van der Waals surface area (Å²) in [4.78, 5) is 0. The molecule has 1 N–H and O–H groups in total. The molecule has 48 valence electrons. The Morgan fingerprint density at radius 3 is 2.38 bits per heavy atom. The Kier molecular flexibility index (Phi) is 3.53. The zero-order valence-electron chi connectivity index (χ0n) is 5.81. The normalized spacial score (nSPS) is 16.2. The highest BCUT2D eigenvalue weighted by Crippen LogP contribution is 2.06. The maximum Gasteiger partial charge on any atom is 0.0493 e. The van der Waals surface area contributed by atoms with Crippen LogP contribution in [0.5, 0.6) is 0 Å². The van der Waals surface area contributed by atoms with E-state index in [1.165, 1.54) is 5.57 Å².